The molecule has 98 valence electrons. The van der Waals surface area contributed by atoms with E-state index in [4.69, 9.17) is 4.74 Å². The normalized spacial score (nSPS) is 49.8. The molecule has 0 radical (unpaired) electrons. The fourth-order valence-electron chi connectivity index (χ4n) is 4.56. The number of fused-ring (bicyclic) bond motifs is 2. The second kappa shape index (κ2) is 3.69. The van der Waals surface area contributed by atoms with Gasteiger partial charge in [-0.3, -0.25) is 4.90 Å². The Balaban J connectivity index is 1.79. The summed E-state index contributed by atoms with van der Waals surface area (Å²) in [5, 5.41) is 10.9. The second-order valence-electron chi connectivity index (χ2n) is 6.93. The summed E-state index contributed by atoms with van der Waals surface area (Å²) in [6.45, 7) is 10.3. The molecular weight excluding hydrogens is 214 g/mol. The summed E-state index contributed by atoms with van der Waals surface area (Å²) in [4.78, 5) is 2.46. The van der Waals surface area contributed by atoms with Gasteiger partial charge in [-0.1, -0.05) is 13.8 Å². The third kappa shape index (κ3) is 1.59. The van der Waals surface area contributed by atoms with Crippen LogP contribution in [0.1, 0.15) is 33.6 Å². The average molecular weight is 239 g/mol. The van der Waals surface area contributed by atoms with Crippen molar-refractivity contribution < 1.29 is 9.84 Å². The van der Waals surface area contributed by atoms with Crippen LogP contribution in [0.2, 0.25) is 0 Å². The summed E-state index contributed by atoms with van der Waals surface area (Å²) in [5.74, 6) is 1.28. The molecular formula is C14H25NO2. The highest BCUT2D eigenvalue weighted by molar-refractivity contribution is 5.14. The average Bonchev–Trinajstić information content (AvgIpc) is 2.28. The second-order valence-corrected chi connectivity index (χ2v) is 6.93. The predicted octanol–water partition coefficient (Wildman–Crippen LogP) is 1.50. The first-order valence-corrected chi connectivity index (χ1v) is 6.98. The number of hydrogen-bond acceptors (Lipinski definition) is 3. The molecule has 1 N–H and O–H groups in total. The van der Waals surface area contributed by atoms with Gasteiger partial charge in [-0.05, 0) is 37.0 Å². The molecule has 3 saturated carbocycles. The molecule has 4 fully saturated rings. The predicted molar refractivity (Wildman–Crippen MR) is 66.8 cm³/mol. The van der Waals surface area contributed by atoms with Gasteiger partial charge in [0, 0.05) is 19.1 Å². The molecule has 2 bridgehead atoms. The van der Waals surface area contributed by atoms with Crippen LogP contribution >= 0.6 is 0 Å². The number of ether oxygens (including phenoxy) is 1. The van der Waals surface area contributed by atoms with Gasteiger partial charge in [0.1, 0.15) is 0 Å². The quantitative estimate of drug-likeness (QED) is 0.753. The number of rotatable bonds is 1. The van der Waals surface area contributed by atoms with E-state index in [1.807, 2.05) is 0 Å². The van der Waals surface area contributed by atoms with Crippen molar-refractivity contribution in [2.24, 2.45) is 17.3 Å². The molecule has 0 aromatic rings. The Morgan fingerprint density at radius 1 is 1.12 bits per heavy atom. The highest BCUT2D eigenvalue weighted by Gasteiger charge is 2.63. The molecule has 0 aromatic heterocycles. The smallest absolute Gasteiger partial charge is 0.0807 e. The van der Waals surface area contributed by atoms with Crippen LogP contribution < -0.4 is 0 Å². The summed E-state index contributed by atoms with van der Waals surface area (Å²) in [6.07, 6.45) is 2.39. The van der Waals surface area contributed by atoms with Crippen molar-refractivity contribution >= 4 is 0 Å². The molecule has 17 heavy (non-hydrogen) atoms. The molecule has 3 nitrogen and oxygen atoms in total. The van der Waals surface area contributed by atoms with Gasteiger partial charge in [0.05, 0.1) is 18.8 Å². The van der Waals surface area contributed by atoms with Gasteiger partial charge in [0.2, 0.25) is 0 Å². The molecule has 0 unspecified atom stereocenters. The minimum atomic E-state index is -0.518. The van der Waals surface area contributed by atoms with Gasteiger partial charge in [-0.2, -0.15) is 0 Å². The summed E-state index contributed by atoms with van der Waals surface area (Å²) in [6, 6.07) is 0.350. The van der Waals surface area contributed by atoms with Crippen LogP contribution in [0, 0.1) is 17.3 Å². The summed E-state index contributed by atoms with van der Waals surface area (Å²) in [7, 11) is 0. The van der Waals surface area contributed by atoms with E-state index < -0.39 is 5.60 Å². The molecule has 4 atom stereocenters. The first-order valence-electron chi connectivity index (χ1n) is 6.98. The molecule has 1 aliphatic heterocycles. The zero-order valence-corrected chi connectivity index (χ0v) is 11.3. The highest BCUT2D eigenvalue weighted by atomic mass is 16.5. The van der Waals surface area contributed by atoms with E-state index in [1.165, 1.54) is 6.42 Å². The number of morpholine rings is 1. The molecule has 0 amide bonds. The Morgan fingerprint density at radius 2 is 1.76 bits per heavy atom. The van der Waals surface area contributed by atoms with Crippen molar-refractivity contribution in [2.45, 2.75) is 45.3 Å². The number of hydrogen-bond donors (Lipinski definition) is 1. The van der Waals surface area contributed by atoms with E-state index in [9.17, 15) is 5.11 Å². The first-order chi connectivity index (χ1) is 7.94. The van der Waals surface area contributed by atoms with E-state index >= 15 is 0 Å². The van der Waals surface area contributed by atoms with Crippen LogP contribution in [0.4, 0.5) is 0 Å². The maximum atomic E-state index is 10.9. The zero-order valence-electron chi connectivity index (χ0n) is 11.3. The fourth-order valence-corrected chi connectivity index (χ4v) is 4.56. The topological polar surface area (TPSA) is 32.7 Å². The van der Waals surface area contributed by atoms with Crippen molar-refractivity contribution in [2.75, 3.05) is 26.3 Å². The Hall–Kier alpha value is -0.120. The molecule has 3 heteroatoms. The van der Waals surface area contributed by atoms with Crippen LogP contribution in [-0.2, 0) is 4.74 Å². The van der Waals surface area contributed by atoms with Crippen LogP contribution in [-0.4, -0.2) is 48.0 Å². The lowest BCUT2D eigenvalue weighted by Crippen LogP contribution is -2.70. The Morgan fingerprint density at radius 3 is 2.29 bits per heavy atom. The van der Waals surface area contributed by atoms with Gasteiger partial charge >= 0.3 is 0 Å². The van der Waals surface area contributed by atoms with Crippen molar-refractivity contribution in [1.29, 1.82) is 0 Å². The third-order valence-corrected chi connectivity index (χ3v) is 5.84. The maximum absolute atomic E-state index is 10.9. The van der Waals surface area contributed by atoms with Gasteiger partial charge in [0.25, 0.3) is 0 Å². The number of aliphatic hydroxyl groups is 1. The Labute approximate surface area is 104 Å². The fraction of sp³-hybridized carbons (Fsp3) is 1.00. The minimum Gasteiger partial charge on any atom is -0.388 e. The molecule has 4 rings (SSSR count). The molecule has 4 aliphatic rings. The molecule has 1 saturated heterocycles. The standard InChI is InChI=1S/C14H25NO2/c1-13(2)10-8-11(13)14(3,16)12(9-10)15-4-6-17-7-5-15/h10-12,16H,4-9H2,1-3H3/t10-,11-,12+,14+/m1/s1. The summed E-state index contributed by atoms with van der Waals surface area (Å²) >= 11 is 0. The summed E-state index contributed by atoms with van der Waals surface area (Å²) < 4.78 is 5.41. The number of nitrogens with zero attached hydrogens (tertiary/aromatic N) is 1. The lowest BCUT2D eigenvalue weighted by molar-refractivity contribution is -0.234. The van der Waals surface area contributed by atoms with Crippen LogP contribution in [0.3, 0.4) is 0 Å². The molecule has 0 spiro atoms. The highest BCUT2D eigenvalue weighted by Crippen LogP contribution is 2.63. The largest absolute Gasteiger partial charge is 0.388 e. The van der Waals surface area contributed by atoms with Crippen molar-refractivity contribution in [3.63, 3.8) is 0 Å². The third-order valence-electron chi connectivity index (χ3n) is 5.84. The van der Waals surface area contributed by atoms with E-state index in [0.29, 0.717) is 17.4 Å². The van der Waals surface area contributed by atoms with Crippen LogP contribution in [0.15, 0.2) is 0 Å². The van der Waals surface area contributed by atoms with E-state index in [2.05, 4.69) is 25.7 Å². The van der Waals surface area contributed by atoms with E-state index in [0.717, 1.165) is 38.6 Å². The van der Waals surface area contributed by atoms with Gasteiger partial charge in [-0.15, -0.1) is 0 Å². The van der Waals surface area contributed by atoms with Crippen molar-refractivity contribution in [1.82, 2.24) is 4.90 Å². The van der Waals surface area contributed by atoms with Gasteiger partial charge < -0.3 is 9.84 Å². The van der Waals surface area contributed by atoms with E-state index in [-0.39, 0.29) is 0 Å². The van der Waals surface area contributed by atoms with E-state index in [1.54, 1.807) is 0 Å². The Bertz CT molecular complexity index is 307. The monoisotopic (exact) mass is 239 g/mol. The molecule has 1 heterocycles. The van der Waals surface area contributed by atoms with Crippen LogP contribution in [0.25, 0.3) is 0 Å². The first kappa shape index (κ1) is 11.9. The minimum absolute atomic E-state index is 0.340. The van der Waals surface area contributed by atoms with Crippen molar-refractivity contribution in [3.8, 4) is 0 Å². The molecule has 3 aliphatic carbocycles. The van der Waals surface area contributed by atoms with Gasteiger partial charge in [-0.25, -0.2) is 0 Å². The van der Waals surface area contributed by atoms with Crippen LogP contribution in [0.5, 0.6) is 0 Å². The maximum Gasteiger partial charge on any atom is 0.0807 e. The lowest BCUT2D eigenvalue weighted by Gasteiger charge is -2.66. The zero-order chi connectivity index (χ0) is 12.3. The lowest BCUT2D eigenvalue weighted by atomic mass is 9.43. The Kier molecular flexibility index (Phi) is 2.59. The van der Waals surface area contributed by atoms with Crippen molar-refractivity contribution in [3.05, 3.63) is 0 Å². The SMILES string of the molecule is CC1(C)[C@H]2C[C@H](N3CCOCC3)[C@@](C)(O)[C@@H]1C2. The summed E-state index contributed by atoms with van der Waals surface area (Å²) in [5.41, 5.74) is -0.179. The van der Waals surface area contributed by atoms with Gasteiger partial charge in [0.15, 0.2) is 0 Å². The molecule has 0 aromatic carbocycles.